The molecule has 170 valence electrons. The zero-order chi connectivity index (χ0) is 22.5. The van der Waals surface area contributed by atoms with Gasteiger partial charge >= 0.3 is 5.97 Å². The van der Waals surface area contributed by atoms with Gasteiger partial charge in [0.25, 0.3) is 0 Å². The van der Waals surface area contributed by atoms with Gasteiger partial charge in [0.1, 0.15) is 5.75 Å². The van der Waals surface area contributed by atoms with E-state index in [2.05, 4.69) is 23.7 Å². The van der Waals surface area contributed by atoms with Crippen molar-refractivity contribution in [3.05, 3.63) is 18.2 Å². The minimum Gasteiger partial charge on any atom is -0.479 e. The molecule has 0 amide bonds. The van der Waals surface area contributed by atoms with Crippen molar-refractivity contribution < 1.29 is 27.8 Å². The number of nitrogens with zero attached hydrogens (tertiary/aromatic N) is 2. The number of aliphatic carboxylic acids is 1. The second kappa shape index (κ2) is 9.77. The summed E-state index contributed by atoms with van der Waals surface area (Å²) >= 11 is 0. The zero-order valence-corrected chi connectivity index (χ0v) is 18.5. The molecule has 1 unspecified atom stereocenters. The van der Waals surface area contributed by atoms with Gasteiger partial charge in [-0.1, -0.05) is 25.7 Å². The number of piperazine rings is 1. The fourth-order valence-electron chi connectivity index (χ4n) is 3.52. The molecule has 2 aliphatic rings. The Morgan fingerprint density at radius 3 is 2.58 bits per heavy atom. The van der Waals surface area contributed by atoms with Gasteiger partial charge in [0.15, 0.2) is 17.0 Å². The van der Waals surface area contributed by atoms with Crippen molar-refractivity contribution in [1.29, 1.82) is 0 Å². The molecule has 1 aromatic carbocycles. The molecule has 3 rings (SSSR count). The number of fused-ring (bicyclic) bond motifs is 1. The number of sulfonamides is 1. The fraction of sp³-hybridized carbons (Fsp3) is 0.571. The van der Waals surface area contributed by atoms with Crippen molar-refractivity contribution in [2.75, 3.05) is 43.6 Å². The number of anilines is 1. The van der Waals surface area contributed by atoms with Crippen LogP contribution >= 0.6 is 0 Å². The van der Waals surface area contributed by atoms with Gasteiger partial charge in [-0.05, 0) is 18.6 Å². The van der Waals surface area contributed by atoms with E-state index in [1.165, 1.54) is 4.31 Å². The largest absolute Gasteiger partial charge is 0.479 e. The van der Waals surface area contributed by atoms with Gasteiger partial charge in [-0.3, -0.25) is 0 Å². The van der Waals surface area contributed by atoms with Crippen LogP contribution in [0.4, 0.5) is 5.69 Å². The summed E-state index contributed by atoms with van der Waals surface area (Å²) < 4.78 is 37.8. The second-order valence-corrected chi connectivity index (χ2v) is 9.68. The van der Waals surface area contributed by atoms with Crippen LogP contribution in [0.15, 0.2) is 18.2 Å². The Balaban J connectivity index is 1.62. The van der Waals surface area contributed by atoms with Crippen LogP contribution in [0.5, 0.6) is 11.5 Å². The first-order valence-corrected chi connectivity index (χ1v) is 12.0. The number of carboxylic acids is 1. The Bertz CT molecular complexity index is 963. The van der Waals surface area contributed by atoms with E-state index in [9.17, 15) is 18.3 Å². The van der Waals surface area contributed by atoms with Crippen LogP contribution in [0.25, 0.3) is 0 Å². The Labute approximate surface area is 183 Å². The summed E-state index contributed by atoms with van der Waals surface area (Å²) in [5.74, 6) is 4.41. The number of unbranched alkanes of at least 4 members (excludes halogenated alkanes) is 3. The molecule has 1 saturated heterocycles. The first-order chi connectivity index (χ1) is 14.7. The van der Waals surface area contributed by atoms with E-state index in [0.29, 0.717) is 31.0 Å². The number of benzene rings is 1. The lowest BCUT2D eigenvalue weighted by molar-refractivity contribution is -0.140. The van der Waals surface area contributed by atoms with Crippen LogP contribution in [0.2, 0.25) is 0 Å². The Morgan fingerprint density at radius 2 is 1.90 bits per heavy atom. The minimum atomic E-state index is -3.89. The number of rotatable bonds is 8. The SMILES string of the molecule is CCCCCC#CC(N)(CS(=O)(=O)N1CCN(c2ccc3c(c2)OCO3)CC1)C(=O)O. The molecule has 1 fully saturated rings. The molecule has 0 aliphatic carbocycles. The third-order valence-electron chi connectivity index (χ3n) is 5.36. The molecule has 0 spiro atoms. The monoisotopic (exact) mass is 451 g/mol. The van der Waals surface area contributed by atoms with Crippen LogP contribution in [-0.4, -0.2) is 68.1 Å². The maximum atomic E-state index is 12.9. The molecule has 0 radical (unpaired) electrons. The molecule has 9 nitrogen and oxygen atoms in total. The normalized spacial score (nSPS) is 18.2. The van der Waals surface area contributed by atoms with E-state index in [0.717, 1.165) is 24.9 Å². The lowest BCUT2D eigenvalue weighted by Gasteiger charge is -2.36. The quantitative estimate of drug-likeness (QED) is 0.447. The van der Waals surface area contributed by atoms with Crippen LogP contribution in [0, 0.1) is 11.8 Å². The lowest BCUT2D eigenvalue weighted by atomic mass is 10.0. The lowest BCUT2D eigenvalue weighted by Crippen LogP contribution is -2.57. The van der Waals surface area contributed by atoms with Crippen LogP contribution in [0.3, 0.4) is 0 Å². The summed E-state index contributed by atoms with van der Waals surface area (Å²) in [6.07, 6.45) is 3.31. The molecule has 2 heterocycles. The molecular formula is C21H29N3O6S. The summed E-state index contributed by atoms with van der Waals surface area (Å²) in [4.78, 5) is 13.7. The summed E-state index contributed by atoms with van der Waals surface area (Å²) in [6, 6.07) is 5.60. The highest BCUT2D eigenvalue weighted by atomic mass is 32.2. The molecule has 1 aromatic rings. The Hall–Kier alpha value is -2.48. The van der Waals surface area contributed by atoms with E-state index < -0.39 is 27.3 Å². The summed E-state index contributed by atoms with van der Waals surface area (Å²) in [5.41, 5.74) is 4.69. The molecule has 3 N–H and O–H groups in total. The van der Waals surface area contributed by atoms with Gasteiger partial charge in [0.2, 0.25) is 16.8 Å². The molecule has 0 saturated carbocycles. The van der Waals surface area contributed by atoms with Gasteiger partial charge in [0.05, 0.1) is 0 Å². The molecule has 0 bridgehead atoms. The van der Waals surface area contributed by atoms with Gasteiger partial charge in [-0.25, -0.2) is 13.2 Å². The average molecular weight is 452 g/mol. The molecule has 0 aromatic heterocycles. The number of ether oxygens (including phenoxy) is 2. The smallest absolute Gasteiger partial charge is 0.337 e. The predicted molar refractivity (Wildman–Crippen MR) is 117 cm³/mol. The van der Waals surface area contributed by atoms with Crippen molar-refractivity contribution in [1.82, 2.24) is 4.31 Å². The third kappa shape index (κ3) is 5.61. The van der Waals surface area contributed by atoms with Crippen LogP contribution in [0.1, 0.15) is 32.6 Å². The predicted octanol–water partition coefficient (Wildman–Crippen LogP) is 1.23. The fourth-order valence-corrected chi connectivity index (χ4v) is 5.19. The van der Waals surface area contributed by atoms with Crippen molar-refractivity contribution in [3.63, 3.8) is 0 Å². The van der Waals surface area contributed by atoms with Crippen LogP contribution in [-0.2, 0) is 14.8 Å². The maximum absolute atomic E-state index is 12.9. The van der Waals surface area contributed by atoms with Crippen molar-refractivity contribution in [3.8, 4) is 23.3 Å². The zero-order valence-electron chi connectivity index (χ0n) is 17.7. The Kier molecular flexibility index (Phi) is 7.30. The summed E-state index contributed by atoms with van der Waals surface area (Å²) in [6.45, 7) is 3.64. The van der Waals surface area contributed by atoms with Crippen molar-refractivity contribution >= 4 is 21.7 Å². The molecular weight excluding hydrogens is 422 g/mol. The van der Waals surface area contributed by atoms with Gasteiger partial charge in [-0.2, -0.15) is 4.31 Å². The maximum Gasteiger partial charge on any atom is 0.337 e. The number of hydrogen-bond acceptors (Lipinski definition) is 7. The highest BCUT2D eigenvalue weighted by Crippen LogP contribution is 2.35. The third-order valence-corrected chi connectivity index (χ3v) is 7.33. The second-order valence-electron chi connectivity index (χ2n) is 7.72. The summed E-state index contributed by atoms with van der Waals surface area (Å²) in [5, 5.41) is 9.52. The first-order valence-electron chi connectivity index (χ1n) is 10.4. The summed E-state index contributed by atoms with van der Waals surface area (Å²) in [7, 11) is -3.89. The highest BCUT2D eigenvalue weighted by molar-refractivity contribution is 7.89. The van der Waals surface area contributed by atoms with E-state index in [-0.39, 0.29) is 19.9 Å². The van der Waals surface area contributed by atoms with Gasteiger partial charge in [0, 0.05) is 44.4 Å². The van der Waals surface area contributed by atoms with Crippen molar-refractivity contribution in [2.24, 2.45) is 5.73 Å². The average Bonchev–Trinajstić information content (AvgIpc) is 3.21. The number of carbonyl (C=O) groups is 1. The van der Waals surface area contributed by atoms with Gasteiger partial charge in [-0.15, -0.1) is 5.92 Å². The number of nitrogens with two attached hydrogens (primary N) is 1. The minimum absolute atomic E-state index is 0.191. The van der Waals surface area contributed by atoms with E-state index in [4.69, 9.17) is 15.2 Å². The highest BCUT2D eigenvalue weighted by Gasteiger charge is 2.40. The molecule has 2 aliphatic heterocycles. The molecule has 10 heteroatoms. The van der Waals surface area contributed by atoms with Crippen LogP contribution < -0.4 is 20.1 Å². The molecule has 31 heavy (non-hydrogen) atoms. The number of hydrogen-bond donors (Lipinski definition) is 2. The molecule has 1 atom stereocenters. The first kappa shape index (κ1) is 23.2. The standard InChI is InChI=1S/C21H29N3O6S/c1-2-3-4-5-6-9-21(22,20(25)26)15-31(27,28)24-12-10-23(11-13-24)17-7-8-18-19(14-17)30-16-29-18/h7-8,14H,2-5,10-13,15-16,22H2,1H3,(H,25,26). The number of carboxylic acid groups (broad SMARTS) is 1. The van der Waals surface area contributed by atoms with Gasteiger partial charge < -0.3 is 25.2 Å². The van der Waals surface area contributed by atoms with E-state index >= 15 is 0 Å². The van der Waals surface area contributed by atoms with E-state index in [1.54, 1.807) is 0 Å². The van der Waals surface area contributed by atoms with Crippen molar-refractivity contribution in [2.45, 2.75) is 38.1 Å². The van der Waals surface area contributed by atoms with E-state index in [1.807, 2.05) is 18.2 Å². The topological polar surface area (TPSA) is 122 Å². The Morgan fingerprint density at radius 1 is 1.19 bits per heavy atom.